The molecule has 0 aliphatic rings. The van der Waals surface area contributed by atoms with Gasteiger partial charge in [0.05, 0.1) is 0 Å². The zero-order valence-electron chi connectivity index (χ0n) is 11.3. The second-order valence-electron chi connectivity index (χ2n) is 4.50. The standard InChI is InChI=1S/C13H16Cl2N2O4/c1-6-11(19)7(3-9(15)13(16)21)2-8(12(6)20)5-17-10(18)4-14/h2,9,19-20H,3-5H2,1H3,(H2,16,21)(H,17,18). The quantitative estimate of drug-likeness (QED) is 0.579. The number of phenols is 2. The summed E-state index contributed by atoms with van der Waals surface area (Å²) in [6.45, 7) is 1.55. The van der Waals surface area contributed by atoms with Crippen LogP contribution in [0.4, 0.5) is 0 Å². The Balaban J connectivity index is 3.07. The SMILES string of the molecule is Cc1c(O)c(CNC(=O)CCl)cc(CC(Cl)C(N)=O)c1O. The molecule has 1 aromatic rings. The molecule has 1 rings (SSSR count). The minimum atomic E-state index is -0.981. The molecule has 0 radical (unpaired) electrons. The zero-order chi connectivity index (χ0) is 16.2. The highest BCUT2D eigenvalue weighted by Crippen LogP contribution is 2.34. The minimum Gasteiger partial charge on any atom is -0.507 e. The van der Waals surface area contributed by atoms with Crippen LogP contribution in [0.25, 0.3) is 0 Å². The van der Waals surface area contributed by atoms with E-state index in [0.29, 0.717) is 11.1 Å². The highest BCUT2D eigenvalue weighted by Gasteiger charge is 2.19. The first kappa shape index (κ1) is 17.4. The topological polar surface area (TPSA) is 113 Å². The number of alkyl halides is 2. The third-order valence-electron chi connectivity index (χ3n) is 2.97. The fraction of sp³-hybridized carbons (Fsp3) is 0.385. The molecule has 0 bridgehead atoms. The summed E-state index contributed by atoms with van der Waals surface area (Å²) in [6.07, 6.45) is 0.0142. The molecule has 116 valence electrons. The number of hydrogen-bond donors (Lipinski definition) is 4. The Morgan fingerprint density at radius 3 is 2.43 bits per heavy atom. The van der Waals surface area contributed by atoms with E-state index in [2.05, 4.69) is 5.32 Å². The normalized spacial score (nSPS) is 12.0. The monoisotopic (exact) mass is 334 g/mol. The van der Waals surface area contributed by atoms with Crippen molar-refractivity contribution in [3.63, 3.8) is 0 Å². The van der Waals surface area contributed by atoms with Gasteiger partial charge in [0.25, 0.3) is 0 Å². The molecule has 0 saturated carbocycles. The first-order valence-corrected chi connectivity index (χ1v) is 7.04. The van der Waals surface area contributed by atoms with Crippen LogP contribution in [0.2, 0.25) is 0 Å². The van der Waals surface area contributed by atoms with Gasteiger partial charge in [-0.3, -0.25) is 9.59 Å². The lowest BCUT2D eigenvalue weighted by molar-refractivity contribution is -0.119. The fourth-order valence-electron chi connectivity index (χ4n) is 1.77. The van der Waals surface area contributed by atoms with Crippen LogP contribution in [-0.2, 0) is 22.6 Å². The fourth-order valence-corrected chi connectivity index (χ4v) is 2.03. The molecular weight excluding hydrogens is 319 g/mol. The summed E-state index contributed by atoms with van der Waals surface area (Å²) in [5.41, 5.74) is 6.06. The van der Waals surface area contributed by atoms with Crippen molar-refractivity contribution < 1.29 is 19.8 Å². The van der Waals surface area contributed by atoms with Crippen LogP contribution in [-0.4, -0.2) is 33.3 Å². The molecule has 1 atom stereocenters. The maximum Gasteiger partial charge on any atom is 0.235 e. The lowest BCUT2D eigenvalue weighted by Gasteiger charge is -2.15. The summed E-state index contributed by atoms with van der Waals surface area (Å²) in [5.74, 6) is -1.60. The Bertz CT molecular complexity index is 564. The Kier molecular flexibility index (Phi) is 6.11. The van der Waals surface area contributed by atoms with E-state index in [1.54, 1.807) is 0 Å². The first-order chi connectivity index (χ1) is 9.77. The van der Waals surface area contributed by atoms with Crippen molar-refractivity contribution >= 4 is 35.0 Å². The number of nitrogens with two attached hydrogens (primary N) is 1. The molecule has 2 amide bonds. The van der Waals surface area contributed by atoms with Gasteiger partial charge >= 0.3 is 0 Å². The maximum atomic E-state index is 11.1. The number of phenolic OH excluding ortho intramolecular Hbond substituents is 2. The summed E-state index contributed by atoms with van der Waals surface area (Å²) in [5, 5.41) is 21.5. The number of primary amides is 1. The van der Waals surface area contributed by atoms with Gasteiger partial charge in [-0.2, -0.15) is 0 Å². The summed E-state index contributed by atoms with van der Waals surface area (Å²) in [7, 11) is 0. The van der Waals surface area contributed by atoms with E-state index < -0.39 is 17.2 Å². The van der Waals surface area contributed by atoms with Crippen LogP contribution in [0.3, 0.4) is 0 Å². The second kappa shape index (κ2) is 7.38. The Morgan fingerprint density at radius 1 is 1.33 bits per heavy atom. The average molecular weight is 335 g/mol. The third-order valence-corrected chi connectivity index (χ3v) is 3.58. The number of rotatable bonds is 6. The van der Waals surface area contributed by atoms with Crippen LogP contribution < -0.4 is 11.1 Å². The maximum absolute atomic E-state index is 11.1. The predicted molar refractivity (Wildman–Crippen MR) is 79.6 cm³/mol. The molecule has 0 saturated heterocycles. The van der Waals surface area contributed by atoms with Crippen molar-refractivity contribution in [3.8, 4) is 11.5 Å². The van der Waals surface area contributed by atoms with Crippen molar-refractivity contribution in [2.24, 2.45) is 5.73 Å². The number of hydrogen-bond acceptors (Lipinski definition) is 4. The Morgan fingerprint density at radius 2 is 1.90 bits per heavy atom. The van der Waals surface area contributed by atoms with Gasteiger partial charge in [0.1, 0.15) is 22.8 Å². The summed E-state index contributed by atoms with van der Waals surface area (Å²) >= 11 is 11.1. The smallest absolute Gasteiger partial charge is 0.235 e. The summed E-state index contributed by atoms with van der Waals surface area (Å²) in [6, 6.07) is 1.46. The van der Waals surface area contributed by atoms with Crippen LogP contribution in [0.5, 0.6) is 11.5 Å². The number of benzene rings is 1. The van der Waals surface area contributed by atoms with Gasteiger partial charge in [0.2, 0.25) is 11.8 Å². The molecule has 21 heavy (non-hydrogen) atoms. The van der Waals surface area contributed by atoms with E-state index in [1.807, 2.05) is 0 Å². The van der Waals surface area contributed by atoms with E-state index >= 15 is 0 Å². The number of aromatic hydroxyl groups is 2. The van der Waals surface area contributed by atoms with Crippen LogP contribution in [0, 0.1) is 6.92 Å². The lowest BCUT2D eigenvalue weighted by atomic mass is 9.99. The van der Waals surface area contributed by atoms with Crippen LogP contribution >= 0.6 is 23.2 Å². The van der Waals surface area contributed by atoms with Gasteiger partial charge < -0.3 is 21.3 Å². The number of halogens is 2. The molecule has 0 fully saturated rings. The zero-order valence-corrected chi connectivity index (χ0v) is 12.8. The second-order valence-corrected chi connectivity index (χ2v) is 5.30. The van der Waals surface area contributed by atoms with E-state index in [1.165, 1.54) is 13.0 Å². The largest absolute Gasteiger partial charge is 0.507 e. The number of carbonyl (C=O) groups excluding carboxylic acids is 2. The van der Waals surface area contributed by atoms with Crippen LogP contribution in [0.15, 0.2) is 6.07 Å². The molecule has 0 heterocycles. The molecule has 1 aromatic carbocycles. The number of amides is 2. The molecular formula is C13H16Cl2N2O4. The van der Waals surface area contributed by atoms with Crippen molar-refractivity contribution in [2.75, 3.05) is 5.88 Å². The van der Waals surface area contributed by atoms with Crippen molar-refractivity contribution in [1.82, 2.24) is 5.32 Å². The number of carbonyl (C=O) groups is 2. The molecule has 0 aliphatic carbocycles. The molecule has 8 heteroatoms. The van der Waals surface area contributed by atoms with E-state index in [-0.39, 0.29) is 35.9 Å². The molecule has 0 aliphatic heterocycles. The molecule has 0 spiro atoms. The van der Waals surface area contributed by atoms with Crippen molar-refractivity contribution in [2.45, 2.75) is 25.3 Å². The minimum absolute atomic E-state index is 0.0142. The van der Waals surface area contributed by atoms with E-state index in [0.717, 1.165) is 0 Å². The van der Waals surface area contributed by atoms with Gasteiger partial charge in [0.15, 0.2) is 0 Å². The lowest BCUT2D eigenvalue weighted by Crippen LogP contribution is -2.26. The van der Waals surface area contributed by atoms with Crippen molar-refractivity contribution in [3.05, 3.63) is 22.8 Å². The molecule has 6 nitrogen and oxygen atoms in total. The highest BCUT2D eigenvalue weighted by molar-refractivity contribution is 6.30. The predicted octanol–water partition coefficient (Wildman–Crippen LogP) is 0.896. The van der Waals surface area contributed by atoms with Crippen LogP contribution in [0.1, 0.15) is 16.7 Å². The molecule has 1 unspecified atom stereocenters. The number of nitrogens with one attached hydrogen (secondary N) is 1. The van der Waals surface area contributed by atoms with Gasteiger partial charge in [0, 0.05) is 24.1 Å². The average Bonchev–Trinajstić information content (AvgIpc) is 2.45. The van der Waals surface area contributed by atoms with E-state index in [4.69, 9.17) is 28.9 Å². The van der Waals surface area contributed by atoms with E-state index in [9.17, 15) is 19.8 Å². The molecule has 5 N–H and O–H groups in total. The first-order valence-electron chi connectivity index (χ1n) is 6.07. The van der Waals surface area contributed by atoms with Gasteiger partial charge in [-0.1, -0.05) is 0 Å². The summed E-state index contributed by atoms with van der Waals surface area (Å²) < 4.78 is 0. The van der Waals surface area contributed by atoms with Gasteiger partial charge in [-0.15, -0.1) is 23.2 Å². The van der Waals surface area contributed by atoms with Crippen molar-refractivity contribution in [1.29, 1.82) is 0 Å². The third kappa shape index (κ3) is 4.41. The Hall–Kier alpha value is -1.66. The summed E-state index contributed by atoms with van der Waals surface area (Å²) in [4.78, 5) is 22.1. The Labute approximate surface area is 131 Å². The van der Waals surface area contributed by atoms with Gasteiger partial charge in [-0.25, -0.2) is 0 Å². The highest BCUT2D eigenvalue weighted by atomic mass is 35.5. The van der Waals surface area contributed by atoms with Gasteiger partial charge in [-0.05, 0) is 18.6 Å². The molecule has 0 aromatic heterocycles.